The van der Waals surface area contributed by atoms with Gasteiger partial charge in [-0.05, 0) is 42.5 Å². The van der Waals surface area contributed by atoms with E-state index in [1.807, 2.05) is 6.07 Å². The molecule has 2 aromatic rings. The van der Waals surface area contributed by atoms with Gasteiger partial charge in [-0.1, -0.05) is 0 Å². The van der Waals surface area contributed by atoms with Crippen molar-refractivity contribution >= 4 is 17.3 Å². The summed E-state index contributed by atoms with van der Waals surface area (Å²) in [6.45, 7) is 0. The molecule has 0 radical (unpaired) electrons. The summed E-state index contributed by atoms with van der Waals surface area (Å²) < 4.78 is 39.7. The van der Waals surface area contributed by atoms with Crippen molar-refractivity contribution in [3.63, 3.8) is 0 Å². The number of alkyl halides is 3. The predicted octanol–water partition coefficient (Wildman–Crippen LogP) is 3.90. The minimum Gasteiger partial charge on any atom is -0.378 e. The Balaban J connectivity index is 2.34. The van der Waals surface area contributed by atoms with E-state index in [1.165, 1.54) is 36.4 Å². The van der Waals surface area contributed by atoms with E-state index >= 15 is 0 Å². The lowest BCUT2D eigenvalue weighted by atomic mass is 10.1. The molecular formula is C17H14F3N3O. The van der Waals surface area contributed by atoms with Gasteiger partial charge in [-0.15, -0.1) is 0 Å². The number of nitriles is 1. The lowest BCUT2D eigenvalue weighted by molar-refractivity contribution is -0.136. The molecule has 0 fully saturated rings. The molecule has 0 saturated carbocycles. The van der Waals surface area contributed by atoms with Gasteiger partial charge in [0.1, 0.15) is 0 Å². The van der Waals surface area contributed by atoms with Crippen molar-refractivity contribution in [1.82, 2.24) is 0 Å². The lowest BCUT2D eigenvalue weighted by Gasteiger charge is -2.18. The molecule has 1 amide bonds. The van der Waals surface area contributed by atoms with Crippen LogP contribution in [0.3, 0.4) is 0 Å². The Morgan fingerprint density at radius 3 is 2.25 bits per heavy atom. The van der Waals surface area contributed by atoms with Crippen LogP contribution >= 0.6 is 0 Å². The highest BCUT2D eigenvalue weighted by Crippen LogP contribution is 2.37. The van der Waals surface area contributed by atoms with Crippen LogP contribution in [0, 0.1) is 11.3 Å². The molecule has 0 aromatic heterocycles. The predicted molar refractivity (Wildman–Crippen MR) is 84.9 cm³/mol. The quantitative estimate of drug-likeness (QED) is 0.927. The summed E-state index contributed by atoms with van der Waals surface area (Å²) in [5.74, 6) is -0.678. The molecule has 0 atom stereocenters. The summed E-state index contributed by atoms with van der Waals surface area (Å²) in [6.07, 6.45) is -4.60. The molecule has 1 N–H and O–H groups in total. The molecule has 0 bridgehead atoms. The summed E-state index contributed by atoms with van der Waals surface area (Å²) in [4.78, 5) is 13.7. The van der Waals surface area contributed by atoms with E-state index in [0.29, 0.717) is 11.3 Å². The fourth-order valence-corrected chi connectivity index (χ4v) is 2.04. The second kappa shape index (κ2) is 6.62. The van der Waals surface area contributed by atoms with Crippen molar-refractivity contribution in [3.8, 4) is 6.07 Å². The maximum absolute atomic E-state index is 13.2. The van der Waals surface area contributed by atoms with Gasteiger partial charge in [-0.2, -0.15) is 18.4 Å². The van der Waals surface area contributed by atoms with Gasteiger partial charge in [0.05, 0.1) is 22.9 Å². The van der Waals surface area contributed by atoms with E-state index in [4.69, 9.17) is 5.26 Å². The summed E-state index contributed by atoms with van der Waals surface area (Å²) in [7, 11) is 3.26. The molecule has 0 unspecified atom stereocenters. The van der Waals surface area contributed by atoms with Crippen LogP contribution in [-0.4, -0.2) is 20.0 Å². The molecular weight excluding hydrogens is 319 g/mol. The molecule has 0 heterocycles. The number of amides is 1. The molecule has 7 heteroatoms. The smallest absolute Gasteiger partial charge is 0.378 e. The monoisotopic (exact) mass is 333 g/mol. The maximum Gasteiger partial charge on any atom is 0.418 e. The number of nitrogens with zero attached hydrogens (tertiary/aromatic N) is 2. The van der Waals surface area contributed by atoms with Gasteiger partial charge in [0.2, 0.25) is 0 Å². The van der Waals surface area contributed by atoms with Crippen LogP contribution in [-0.2, 0) is 6.18 Å². The number of nitrogens with one attached hydrogen (secondary N) is 1. The van der Waals surface area contributed by atoms with Crippen LogP contribution < -0.4 is 10.2 Å². The SMILES string of the molecule is CN(C)c1ccc(NC(=O)c2ccc(C#N)cc2)c(C(F)(F)F)c1. The normalized spacial score (nSPS) is 10.8. The van der Waals surface area contributed by atoms with Gasteiger partial charge >= 0.3 is 6.18 Å². The first-order valence-electron chi connectivity index (χ1n) is 6.92. The van der Waals surface area contributed by atoms with Crippen LogP contribution in [0.1, 0.15) is 21.5 Å². The molecule has 0 aliphatic heterocycles. The zero-order valence-corrected chi connectivity index (χ0v) is 13.0. The topological polar surface area (TPSA) is 56.1 Å². The van der Waals surface area contributed by atoms with Gasteiger partial charge in [-0.25, -0.2) is 0 Å². The fraction of sp³-hybridized carbons (Fsp3) is 0.176. The summed E-state index contributed by atoms with van der Waals surface area (Å²) in [5.41, 5.74) is -0.339. The number of rotatable bonds is 3. The first kappa shape index (κ1) is 17.3. The molecule has 0 saturated heterocycles. The molecule has 0 aliphatic carbocycles. The highest BCUT2D eigenvalue weighted by atomic mass is 19.4. The van der Waals surface area contributed by atoms with Crippen LogP contribution in [0.2, 0.25) is 0 Å². The average Bonchev–Trinajstić information content (AvgIpc) is 2.54. The van der Waals surface area contributed by atoms with Crippen molar-refractivity contribution < 1.29 is 18.0 Å². The molecule has 0 spiro atoms. The van der Waals surface area contributed by atoms with Gasteiger partial charge in [0.25, 0.3) is 5.91 Å². The second-order valence-electron chi connectivity index (χ2n) is 5.27. The number of benzene rings is 2. The highest BCUT2D eigenvalue weighted by molar-refractivity contribution is 6.04. The van der Waals surface area contributed by atoms with Crippen LogP contribution in [0.25, 0.3) is 0 Å². The second-order valence-corrected chi connectivity index (χ2v) is 5.27. The summed E-state index contributed by atoms with van der Waals surface area (Å²) >= 11 is 0. The standard InChI is InChI=1S/C17H14F3N3O/c1-23(2)13-7-8-15(14(9-13)17(18,19)20)22-16(24)12-5-3-11(10-21)4-6-12/h3-9H,1-2H3,(H,22,24). The Hall–Kier alpha value is -3.01. The van der Waals surface area contributed by atoms with E-state index in [1.54, 1.807) is 19.0 Å². The zero-order chi connectivity index (χ0) is 17.9. The number of hydrogen-bond donors (Lipinski definition) is 1. The Labute approximate surface area is 137 Å². The molecule has 0 aliphatic rings. The number of carbonyl (C=O) groups is 1. The number of halogens is 3. The molecule has 2 rings (SSSR count). The fourth-order valence-electron chi connectivity index (χ4n) is 2.04. The van der Waals surface area contributed by atoms with Crippen molar-refractivity contribution in [2.75, 3.05) is 24.3 Å². The average molecular weight is 333 g/mol. The third kappa shape index (κ3) is 3.84. The van der Waals surface area contributed by atoms with E-state index in [0.717, 1.165) is 6.07 Å². The lowest BCUT2D eigenvalue weighted by Crippen LogP contribution is -2.18. The number of hydrogen-bond acceptors (Lipinski definition) is 3. The van der Waals surface area contributed by atoms with Gasteiger partial charge < -0.3 is 10.2 Å². The van der Waals surface area contributed by atoms with E-state index in [-0.39, 0.29) is 11.3 Å². The summed E-state index contributed by atoms with van der Waals surface area (Å²) in [6, 6.07) is 11.2. The number of anilines is 2. The summed E-state index contributed by atoms with van der Waals surface area (Å²) in [5, 5.41) is 11.0. The van der Waals surface area contributed by atoms with E-state index in [2.05, 4.69) is 5.32 Å². The van der Waals surface area contributed by atoms with Crippen molar-refractivity contribution in [2.45, 2.75) is 6.18 Å². The first-order chi connectivity index (χ1) is 11.2. The molecule has 24 heavy (non-hydrogen) atoms. The molecule has 2 aromatic carbocycles. The van der Waals surface area contributed by atoms with E-state index in [9.17, 15) is 18.0 Å². The molecule has 124 valence electrons. The van der Waals surface area contributed by atoms with E-state index < -0.39 is 17.6 Å². The Kier molecular flexibility index (Phi) is 4.79. The van der Waals surface area contributed by atoms with Crippen molar-refractivity contribution in [1.29, 1.82) is 5.26 Å². The first-order valence-corrected chi connectivity index (χ1v) is 6.92. The Morgan fingerprint density at radius 2 is 1.75 bits per heavy atom. The Morgan fingerprint density at radius 1 is 1.12 bits per heavy atom. The third-order valence-corrected chi connectivity index (χ3v) is 3.35. The van der Waals surface area contributed by atoms with Crippen molar-refractivity contribution in [2.24, 2.45) is 0 Å². The van der Waals surface area contributed by atoms with Crippen LogP contribution in [0.4, 0.5) is 24.5 Å². The maximum atomic E-state index is 13.2. The minimum absolute atomic E-state index is 0.166. The highest BCUT2D eigenvalue weighted by Gasteiger charge is 2.34. The van der Waals surface area contributed by atoms with Crippen molar-refractivity contribution in [3.05, 3.63) is 59.2 Å². The molecule has 4 nitrogen and oxygen atoms in total. The Bertz CT molecular complexity index is 790. The van der Waals surface area contributed by atoms with Gasteiger partial charge in [-0.3, -0.25) is 4.79 Å². The largest absolute Gasteiger partial charge is 0.418 e. The van der Waals surface area contributed by atoms with Crippen LogP contribution in [0.15, 0.2) is 42.5 Å². The number of carbonyl (C=O) groups excluding carboxylic acids is 1. The van der Waals surface area contributed by atoms with Gasteiger partial charge in [0, 0.05) is 25.3 Å². The zero-order valence-electron chi connectivity index (χ0n) is 13.0. The van der Waals surface area contributed by atoms with Crippen LogP contribution in [0.5, 0.6) is 0 Å². The minimum atomic E-state index is -4.60. The van der Waals surface area contributed by atoms with Gasteiger partial charge in [0.15, 0.2) is 0 Å². The third-order valence-electron chi connectivity index (χ3n) is 3.35.